The van der Waals surface area contributed by atoms with Crippen LogP contribution in [0.4, 0.5) is 0 Å². The Morgan fingerprint density at radius 2 is 2.44 bits per heavy atom. The highest BCUT2D eigenvalue weighted by Crippen LogP contribution is 2.31. The van der Waals surface area contributed by atoms with Crippen LogP contribution in [-0.2, 0) is 6.42 Å². The molecule has 1 aromatic heterocycles. The van der Waals surface area contributed by atoms with Gasteiger partial charge >= 0.3 is 0 Å². The second-order valence-electron chi connectivity index (χ2n) is 4.45. The maximum absolute atomic E-state index is 8.57. The highest BCUT2D eigenvalue weighted by molar-refractivity contribution is 7.11. The average Bonchev–Trinajstić information content (AvgIpc) is 2.82. The summed E-state index contributed by atoms with van der Waals surface area (Å²) in [7, 11) is 2.16. The molecule has 0 aliphatic carbocycles. The van der Waals surface area contributed by atoms with Crippen LogP contribution in [0.2, 0.25) is 0 Å². The predicted molar refractivity (Wildman–Crippen MR) is 65.6 cm³/mol. The summed E-state index contributed by atoms with van der Waals surface area (Å²) in [5, 5.41) is 9.70. The van der Waals surface area contributed by atoms with Gasteiger partial charge in [-0.15, -0.1) is 11.3 Å². The number of thiazole rings is 1. The van der Waals surface area contributed by atoms with Gasteiger partial charge in [-0.05, 0) is 26.9 Å². The number of aryl methyl sites for hydroxylation is 2. The van der Waals surface area contributed by atoms with Crippen molar-refractivity contribution in [1.29, 1.82) is 5.26 Å². The summed E-state index contributed by atoms with van der Waals surface area (Å²) >= 11 is 1.76. The van der Waals surface area contributed by atoms with Crippen molar-refractivity contribution in [2.75, 3.05) is 20.1 Å². The van der Waals surface area contributed by atoms with Gasteiger partial charge in [-0.1, -0.05) is 0 Å². The van der Waals surface area contributed by atoms with Crippen molar-refractivity contribution in [1.82, 2.24) is 9.88 Å². The summed E-state index contributed by atoms with van der Waals surface area (Å²) < 4.78 is 0. The van der Waals surface area contributed by atoms with Crippen molar-refractivity contribution in [2.24, 2.45) is 0 Å². The minimum atomic E-state index is 0.580. The summed E-state index contributed by atoms with van der Waals surface area (Å²) in [6, 6.07) is 2.18. The van der Waals surface area contributed by atoms with E-state index in [1.54, 1.807) is 11.3 Å². The minimum Gasteiger partial charge on any atom is -0.306 e. The van der Waals surface area contributed by atoms with Gasteiger partial charge in [0, 0.05) is 30.2 Å². The molecule has 0 bridgehead atoms. The molecule has 0 amide bonds. The molecular formula is C12H17N3S. The van der Waals surface area contributed by atoms with Crippen LogP contribution >= 0.6 is 11.3 Å². The minimum absolute atomic E-state index is 0.580. The van der Waals surface area contributed by atoms with Gasteiger partial charge in [0.1, 0.15) is 0 Å². The van der Waals surface area contributed by atoms with Gasteiger partial charge in [0.15, 0.2) is 0 Å². The fraction of sp³-hybridized carbons (Fsp3) is 0.667. The topological polar surface area (TPSA) is 39.9 Å². The molecule has 3 nitrogen and oxygen atoms in total. The van der Waals surface area contributed by atoms with E-state index in [1.165, 1.54) is 23.5 Å². The Kier molecular flexibility index (Phi) is 3.57. The van der Waals surface area contributed by atoms with Gasteiger partial charge in [-0.25, -0.2) is 4.98 Å². The van der Waals surface area contributed by atoms with Crippen LogP contribution in [0.5, 0.6) is 0 Å². The number of nitrogens with zero attached hydrogens (tertiary/aromatic N) is 3. The number of hydrogen-bond donors (Lipinski definition) is 0. The van der Waals surface area contributed by atoms with E-state index in [0.717, 1.165) is 18.0 Å². The Labute approximate surface area is 101 Å². The van der Waals surface area contributed by atoms with Crippen LogP contribution in [0, 0.1) is 18.3 Å². The Hall–Kier alpha value is -0.920. The predicted octanol–water partition coefficient (Wildman–Crippen LogP) is 2.33. The molecule has 1 aliphatic rings. The van der Waals surface area contributed by atoms with Crippen molar-refractivity contribution in [3.05, 3.63) is 15.6 Å². The van der Waals surface area contributed by atoms with E-state index in [-0.39, 0.29) is 0 Å². The molecule has 4 heteroatoms. The van der Waals surface area contributed by atoms with E-state index >= 15 is 0 Å². The van der Waals surface area contributed by atoms with Crippen molar-refractivity contribution < 1.29 is 0 Å². The molecule has 1 saturated heterocycles. The van der Waals surface area contributed by atoms with Gasteiger partial charge in [0.25, 0.3) is 0 Å². The SMILES string of the molecule is Cc1sc(CCC#N)nc1C1CCN(C)C1. The molecule has 0 saturated carbocycles. The lowest BCUT2D eigenvalue weighted by molar-refractivity contribution is 0.410. The third-order valence-corrected chi connectivity index (χ3v) is 4.15. The van der Waals surface area contributed by atoms with Crippen LogP contribution in [0.25, 0.3) is 0 Å². The molecule has 2 heterocycles. The molecule has 0 N–H and O–H groups in total. The largest absolute Gasteiger partial charge is 0.306 e. The molecule has 2 rings (SSSR count). The fourth-order valence-corrected chi connectivity index (χ4v) is 3.29. The zero-order valence-electron chi connectivity index (χ0n) is 9.86. The first-order valence-electron chi connectivity index (χ1n) is 5.72. The number of likely N-dealkylation sites (tertiary alicyclic amines) is 1. The smallest absolute Gasteiger partial charge is 0.0941 e. The number of aromatic nitrogens is 1. The highest BCUT2D eigenvalue weighted by atomic mass is 32.1. The van der Waals surface area contributed by atoms with Gasteiger partial charge in [0.05, 0.1) is 16.8 Å². The standard InChI is InChI=1S/C12H17N3S/c1-9-12(10-5-7-15(2)8-10)14-11(16-9)4-3-6-13/h10H,3-5,7-8H2,1-2H3. The lowest BCUT2D eigenvalue weighted by Gasteiger charge is -2.08. The molecule has 16 heavy (non-hydrogen) atoms. The third kappa shape index (κ3) is 2.42. The zero-order chi connectivity index (χ0) is 11.5. The molecule has 1 aromatic rings. The summed E-state index contributed by atoms with van der Waals surface area (Å²) in [4.78, 5) is 8.40. The molecule has 1 aliphatic heterocycles. The quantitative estimate of drug-likeness (QED) is 0.807. The van der Waals surface area contributed by atoms with E-state index in [0.29, 0.717) is 12.3 Å². The number of likely N-dealkylation sites (N-methyl/N-ethyl adjacent to an activating group) is 1. The van der Waals surface area contributed by atoms with Crippen LogP contribution in [0.3, 0.4) is 0 Å². The van der Waals surface area contributed by atoms with E-state index < -0.39 is 0 Å². The second-order valence-corrected chi connectivity index (χ2v) is 5.74. The van der Waals surface area contributed by atoms with Crippen molar-refractivity contribution >= 4 is 11.3 Å². The molecule has 86 valence electrons. The average molecular weight is 235 g/mol. The molecule has 0 spiro atoms. The first kappa shape index (κ1) is 11.6. The van der Waals surface area contributed by atoms with E-state index in [2.05, 4.69) is 24.9 Å². The Bertz CT molecular complexity index is 405. The lowest BCUT2D eigenvalue weighted by atomic mass is 10.0. The van der Waals surface area contributed by atoms with Crippen LogP contribution < -0.4 is 0 Å². The van der Waals surface area contributed by atoms with Crippen molar-refractivity contribution in [3.63, 3.8) is 0 Å². The molecular weight excluding hydrogens is 218 g/mol. The summed E-state index contributed by atoms with van der Waals surface area (Å²) in [6.07, 6.45) is 2.61. The summed E-state index contributed by atoms with van der Waals surface area (Å²) in [5.74, 6) is 0.608. The number of nitriles is 1. The maximum atomic E-state index is 8.57. The van der Waals surface area contributed by atoms with Crippen LogP contribution in [-0.4, -0.2) is 30.0 Å². The van der Waals surface area contributed by atoms with Gasteiger partial charge in [-0.3, -0.25) is 0 Å². The Balaban J connectivity index is 2.09. The van der Waals surface area contributed by atoms with Gasteiger partial charge < -0.3 is 4.90 Å². The monoisotopic (exact) mass is 235 g/mol. The lowest BCUT2D eigenvalue weighted by Crippen LogP contribution is -2.13. The maximum Gasteiger partial charge on any atom is 0.0941 e. The van der Waals surface area contributed by atoms with Crippen LogP contribution in [0.15, 0.2) is 0 Å². The highest BCUT2D eigenvalue weighted by Gasteiger charge is 2.25. The number of rotatable bonds is 3. The summed E-state index contributed by atoms with van der Waals surface area (Å²) in [6.45, 7) is 4.46. The summed E-state index contributed by atoms with van der Waals surface area (Å²) in [5.41, 5.74) is 1.28. The van der Waals surface area contributed by atoms with Gasteiger partial charge in [0.2, 0.25) is 0 Å². The Morgan fingerprint density at radius 3 is 3.06 bits per heavy atom. The fourth-order valence-electron chi connectivity index (χ4n) is 2.27. The Morgan fingerprint density at radius 1 is 1.62 bits per heavy atom. The third-order valence-electron chi connectivity index (χ3n) is 3.11. The molecule has 0 aromatic carbocycles. The molecule has 1 unspecified atom stereocenters. The van der Waals surface area contributed by atoms with Crippen LogP contribution in [0.1, 0.15) is 34.3 Å². The van der Waals surface area contributed by atoms with E-state index in [9.17, 15) is 0 Å². The van der Waals surface area contributed by atoms with E-state index in [1.807, 2.05) is 0 Å². The second kappa shape index (κ2) is 4.94. The van der Waals surface area contributed by atoms with E-state index in [4.69, 9.17) is 10.2 Å². The van der Waals surface area contributed by atoms with Crippen molar-refractivity contribution in [2.45, 2.75) is 32.1 Å². The first-order chi connectivity index (χ1) is 7.70. The molecule has 1 atom stereocenters. The number of hydrogen-bond acceptors (Lipinski definition) is 4. The molecule has 0 radical (unpaired) electrons. The van der Waals surface area contributed by atoms with Crippen molar-refractivity contribution in [3.8, 4) is 6.07 Å². The molecule has 1 fully saturated rings. The first-order valence-corrected chi connectivity index (χ1v) is 6.54. The zero-order valence-corrected chi connectivity index (χ0v) is 10.7. The normalized spacial score (nSPS) is 21.2. The van der Waals surface area contributed by atoms with Gasteiger partial charge in [-0.2, -0.15) is 5.26 Å².